The van der Waals surface area contributed by atoms with Crippen LogP contribution in [0.3, 0.4) is 0 Å². The van der Waals surface area contributed by atoms with Gasteiger partial charge in [0.1, 0.15) is 0 Å². The van der Waals surface area contributed by atoms with Crippen LogP contribution in [0, 0.1) is 0 Å². The van der Waals surface area contributed by atoms with Crippen molar-refractivity contribution in [2.45, 2.75) is 25.7 Å². The van der Waals surface area contributed by atoms with Gasteiger partial charge in [-0.25, -0.2) is 0 Å². The fourth-order valence-electron chi connectivity index (χ4n) is 2.90. The van der Waals surface area contributed by atoms with E-state index in [9.17, 15) is 4.79 Å². The number of nitrogens with zero attached hydrogens (tertiary/aromatic N) is 5. The Labute approximate surface area is 123 Å². The highest BCUT2D eigenvalue weighted by molar-refractivity contribution is 5.73. The topological polar surface area (TPSA) is 63.9 Å². The molecule has 2 aromatic heterocycles. The van der Waals surface area contributed by atoms with Crippen molar-refractivity contribution in [2.75, 3.05) is 13.1 Å². The second-order valence-corrected chi connectivity index (χ2v) is 5.50. The zero-order valence-electron chi connectivity index (χ0n) is 12.4. The maximum Gasteiger partial charge on any atom is 0.219 e. The number of carbonyl (C=O) groups is 1. The molecule has 1 atom stereocenters. The summed E-state index contributed by atoms with van der Waals surface area (Å²) in [6.07, 6.45) is 9.22. The Bertz CT molecular complexity index is 651. The molecular weight excluding hydrogens is 266 g/mol. The molecule has 2 aromatic rings. The van der Waals surface area contributed by atoms with Crippen molar-refractivity contribution in [1.29, 1.82) is 0 Å². The second-order valence-electron chi connectivity index (χ2n) is 5.50. The predicted octanol–water partition coefficient (Wildman–Crippen LogP) is 1.60. The van der Waals surface area contributed by atoms with Gasteiger partial charge in [0.2, 0.25) is 5.91 Å². The van der Waals surface area contributed by atoms with Gasteiger partial charge >= 0.3 is 0 Å². The molecule has 110 valence electrons. The average molecular weight is 285 g/mol. The number of hydrogen-bond donors (Lipinski definition) is 0. The number of piperidine rings is 1. The number of hydrogen-bond acceptors (Lipinski definition) is 4. The summed E-state index contributed by atoms with van der Waals surface area (Å²) in [5.74, 6) is 0.373. The monoisotopic (exact) mass is 285 g/mol. The van der Waals surface area contributed by atoms with Gasteiger partial charge in [0.25, 0.3) is 0 Å². The lowest BCUT2D eigenvalue weighted by Gasteiger charge is -2.32. The molecule has 0 N–H and O–H groups in total. The van der Waals surface area contributed by atoms with Crippen molar-refractivity contribution in [2.24, 2.45) is 7.05 Å². The normalized spacial score (nSPS) is 18.8. The van der Waals surface area contributed by atoms with Crippen molar-refractivity contribution in [3.05, 3.63) is 30.5 Å². The van der Waals surface area contributed by atoms with E-state index in [4.69, 9.17) is 0 Å². The van der Waals surface area contributed by atoms with Crippen molar-refractivity contribution in [1.82, 2.24) is 24.6 Å². The summed E-state index contributed by atoms with van der Waals surface area (Å²) in [5.41, 5.74) is 2.82. The van der Waals surface area contributed by atoms with Crippen LogP contribution >= 0.6 is 0 Å². The third kappa shape index (κ3) is 2.79. The Balaban J connectivity index is 1.93. The molecule has 3 heterocycles. The number of aromatic nitrogens is 4. The van der Waals surface area contributed by atoms with Crippen molar-refractivity contribution >= 4 is 5.91 Å². The first-order chi connectivity index (χ1) is 10.1. The number of likely N-dealkylation sites (tertiary alicyclic amines) is 1. The molecular formula is C15H19N5O. The Kier molecular flexibility index (Phi) is 3.68. The second kappa shape index (κ2) is 5.63. The molecule has 0 radical (unpaired) electrons. The van der Waals surface area contributed by atoms with E-state index >= 15 is 0 Å². The first kappa shape index (κ1) is 13.7. The van der Waals surface area contributed by atoms with Gasteiger partial charge in [0.05, 0.1) is 17.6 Å². The molecule has 6 nitrogen and oxygen atoms in total. The van der Waals surface area contributed by atoms with Gasteiger partial charge in [-0.1, -0.05) is 0 Å². The van der Waals surface area contributed by atoms with Gasteiger partial charge in [-0.3, -0.25) is 19.4 Å². The van der Waals surface area contributed by atoms with Crippen LogP contribution < -0.4 is 0 Å². The molecule has 21 heavy (non-hydrogen) atoms. The summed E-state index contributed by atoms with van der Waals surface area (Å²) >= 11 is 0. The first-order valence-electron chi connectivity index (χ1n) is 7.20. The summed E-state index contributed by atoms with van der Waals surface area (Å²) in [6, 6.07) is 0. The number of amides is 1. The minimum atomic E-state index is 0.131. The molecule has 0 aliphatic carbocycles. The van der Waals surface area contributed by atoms with E-state index in [-0.39, 0.29) is 11.8 Å². The number of aryl methyl sites for hydroxylation is 1. The molecule has 1 amide bonds. The van der Waals surface area contributed by atoms with Crippen LogP contribution in [0.2, 0.25) is 0 Å². The average Bonchev–Trinajstić information content (AvgIpc) is 2.94. The van der Waals surface area contributed by atoms with Gasteiger partial charge in [0, 0.05) is 57.1 Å². The Morgan fingerprint density at radius 3 is 2.86 bits per heavy atom. The van der Waals surface area contributed by atoms with Crippen LogP contribution in [0.4, 0.5) is 0 Å². The number of rotatable bonds is 2. The molecule has 3 rings (SSSR count). The molecule has 0 unspecified atom stereocenters. The van der Waals surface area contributed by atoms with Gasteiger partial charge in [-0.2, -0.15) is 5.10 Å². The summed E-state index contributed by atoms with van der Waals surface area (Å²) in [7, 11) is 1.89. The maximum absolute atomic E-state index is 11.6. The Morgan fingerprint density at radius 2 is 2.14 bits per heavy atom. The van der Waals surface area contributed by atoms with E-state index in [2.05, 4.69) is 15.1 Å². The molecule has 0 bridgehead atoms. The highest BCUT2D eigenvalue weighted by atomic mass is 16.2. The van der Waals surface area contributed by atoms with Crippen LogP contribution in [0.15, 0.2) is 24.8 Å². The summed E-state index contributed by atoms with van der Waals surface area (Å²) in [5, 5.41) is 4.21. The summed E-state index contributed by atoms with van der Waals surface area (Å²) in [6.45, 7) is 3.19. The standard InChI is InChI=1S/C15H19N5O/c1-11(21)20-7-3-4-12(10-20)14-15(17-6-5-16-14)13-8-18-19(2)9-13/h5-6,8-9,12H,3-4,7,10H2,1-2H3/t12-/m0/s1. The van der Waals surface area contributed by atoms with Crippen LogP contribution in [0.1, 0.15) is 31.4 Å². The van der Waals surface area contributed by atoms with Crippen LogP contribution in [0.25, 0.3) is 11.3 Å². The predicted molar refractivity (Wildman–Crippen MR) is 78.5 cm³/mol. The van der Waals surface area contributed by atoms with E-state index < -0.39 is 0 Å². The zero-order valence-corrected chi connectivity index (χ0v) is 12.4. The molecule has 6 heteroatoms. The molecule has 0 saturated carbocycles. The lowest BCUT2D eigenvalue weighted by atomic mass is 9.92. The highest BCUT2D eigenvalue weighted by Gasteiger charge is 2.26. The van der Waals surface area contributed by atoms with Gasteiger partial charge in [-0.05, 0) is 12.8 Å². The fraction of sp³-hybridized carbons (Fsp3) is 0.467. The zero-order chi connectivity index (χ0) is 14.8. The molecule has 1 fully saturated rings. The van der Waals surface area contributed by atoms with Gasteiger partial charge in [-0.15, -0.1) is 0 Å². The summed E-state index contributed by atoms with van der Waals surface area (Å²) < 4.78 is 1.76. The van der Waals surface area contributed by atoms with E-state index in [1.165, 1.54) is 0 Å². The van der Waals surface area contributed by atoms with Crippen LogP contribution in [0.5, 0.6) is 0 Å². The van der Waals surface area contributed by atoms with Crippen molar-refractivity contribution in [3.8, 4) is 11.3 Å². The first-order valence-corrected chi connectivity index (χ1v) is 7.20. The number of carbonyl (C=O) groups excluding carboxylic acids is 1. The van der Waals surface area contributed by atoms with Crippen molar-refractivity contribution < 1.29 is 4.79 Å². The molecule has 1 saturated heterocycles. The van der Waals surface area contributed by atoms with Crippen LogP contribution in [-0.2, 0) is 11.8 Å². The molecule has 1 aliphatic heterocycles. The SMILES string of the molecule is CC(=O)N1CCC[C@H](c2nccnc2-c2cnn(C)c2)C1. The van der Waals surface area contributed by atoms with E-state index in [1.807, 2.05) is 18.1 Å². The minimum absolute atomic E-state index is 0.131. The minimum Gasteiger partial charge on any atom is -0.342 e. The Morgan fingerprint density at radius 1 is 1.33 bits per heavy atom. The smallest absolute Gasteiger partial charge is 0.219 e. The maximum atomic E-state index is 11.6. The molecule has 1 aliphatic rings. The third-order valence-corrected chi connectivity index (χ3v) is 3.96. The molecule has 0 spiro atoms. The largest absolute Gasteiger partial charge is 0.342 e. The third-order valence-electron chi connectivity index (χ3n) is 3.96. The van der Waals surface area contributed by atoms with Gasteiger partial charge < -0.3 is 4.90 Å². The van der Waals surface area contributed by atoms with E-state index in [1.54, 1.807) is 30.2 Å². The van der Waals surface area contributed by atoms with Crippen LogP contribution in [-0.4, -0.2) is 43.6 Å². The fourth-order valence-corrected chi connectivity index (χ4v) is 2.90. The van der Waals surface area contributed by atoms with Gasteiger partial charge in [0.15, 0.2) is 0 Å². The highest BCUT2D eigenvalue weighted by Crippen LogP contribution is 2.31. The summed E-state index contributed by atoms with van der Waals surface area (Å²) in [4.78, 5) is 22.5. The van der Waals surface area contributed by atoms with Crippen molar-refractivity contribution in [3.63, 3.8) is 0 Å². The Hall–Kier alpha value is -2.24. The van der Waals surface area contributed by atoms with E-state index in [0.29, 0.717) is 0 Å². The molecule has 0 aromatic carbocycles. The quantitative estimate of drug-likeness (QED) is 0.841. The lowest BCUT2D eigenvalue weighted by Crippen LogP contribution is -2.38. The van der Waals surface area contributed by atoms with E-state index in [0.717, 1.165) is 42.9 Å². The lowest BCUT2D eigenvalue weighted by molar-refractivity contribution is -0.130.